The second-order valence-electron chi connectivity index (χ2n) is 5.73. The van der Waals surface area contributed by atoms with Crippen molar-refractivity contribution in [3.8, 4) is 11.8 Å². The molecule has 1 aromatic carbocycles. The molecule has 0 saturated heterocycles. The molecule has 0 radical (unpaired) electrons. The van der Waals surface area contributed by atoms with Gasteiger partial charge in [0.1, 0.15) is 0 Å². The second-order valence-corrected chi connectivity index (χ2v) is 6.17. The molecule has 0 heterocycles. The van der Waals surface area contributed by atoms with Gasteiger partial charge in [-0.2, -0.15) is 0 Å². The minimum Gasteiger partial charge on any atom is -0.272 e. The molecular formula is C17H21ClN2O2. The fourth-order valence-corrected chi connectivity index (χ4v) is 1.84. The molecule has 0 bridgehead atoms. The molecule has 1 N–H and O–H groups in total. The summed E-state index contributed by atoms with van der Waals surface area (Å²) in [6, 6.07) is 6.48. The van der Waals surface area contributed by atoms with E-state index in [-0.39, 0.29) is 18.2 Å². The number of carbonyl (C=O) groups is 2. The highest BCUT2D eigenvalue weighted by atomic mass is 35.5. The molecule has 22 heavy (non-hydrogen) atoms. The first-order chi connectivity index (χ1) is 10.3. The number of hydrazine groups is 1. The van der Waals surface area contributed by atoms with Crippen LogP contribution in [0.5, 0.6) is 0 Å². The molecule has 0 aromatic heterocycles. The number of hydrogen-bond acceptors (Lipinski definition) is 2. The van der Waals surface area contributed by atoms with E-state index in [4.69, 9.17) is 11.6 Å². The van der Waals surface area contributed by atoms with E-state index in [1.165, 1.54) is 5.01 Å². The topological polar surface area (TPSA) is 49.4 Å². The molecule has 0 saturated carbocycles. The van der Waals surface area contributed by atoms with Crippen molar-refractivity contribution in [1.82, 2.24) is 10.4 Å². The quantitative estimate of drug-likeness (QED) is 0.670. The van der Waals surface area contributed by atoms with Gasteiger partial charge in [-0.1, -0.05) is 24.4 Å². The summed E-state index contributed by atoms with van der Waals surface area (Å²) in [5.41, 5.74) is 2.54. The van der Waals surface area contributed by atoms with Gasteiger partial charge in [0.2, 0.25) is 0 Å². The van der Waals surface area contributed by atoms with Crippen molar-refractivity contribution in [3.05, 3.63) is 34.9 Å². The Morgan fingerprint density at radius 3 is 2.27 bits per heavy atom. The van der Waals surface area contributed by atoms with Gasteiger partial charge >= 0.3 is 0 Å². The molecule has 0 aliphatic heterocycles. The Kier molecular flexibility index (Phi) is 6.45. The van der Waals surface area contributed by atoms with E-state index in [0.717, 1.165) is 0 Å². The van der Waals surface area contributed by atoms with Gasteiger partial charge in [0, 0.05) is 17.0 Å². The fourth-order valence-electron chi connectivity index (χ4n) is 1.71. The zero-order chi connectivity index (χ0) is 16.8. The van der Waals surface area contributed by atoms with E-state index in [0.29, 0.717) is 17.0 Å². The van der Waals surface area contributed by atoms with Crippen LogP contribution < -0.4 is 5.43 Å². The van der Waals surface area contributed by atoms with Crippen LogP contribution in [0.25, 0.3) is 0 Å². The Morgan fingerprint density at radius 1 is 1.18 bits per heavy atom. The van der Waals surface area contributed by atoms with E-state index < -0.39 is 5.54 Å². The number of benzene rings is 1. The second kappa shape index (κ2) is 7.86. The van der Waals surface area contributed by atoms with Gasteiger partial charge in [-0.3, -0.25) is 15.0 Å². The minimum absolute atomic E-state index is 0.0754. The van der Waals surface area contributed by atoms with Crippen molar-refractivity contribution in [3.63, 3.8) is 0 Å². The smallest absolute Gasteiger partial charge is 0.269 e. The standard InChI is InChI=1S/C17H21ClN2O2/c1-5-6-7-8-15(21)20(17(2,3)4)19-16(22)13-9-11-14(18)12-10-13/h9-12H,5,8H2,1-4H3,(H,19,22). The molecule has 0 fully saturated rings. The van der Waals surface area contributed by atoms with Gasteiger partial charge in [-0.05, 0) is 45.0 Å². The zero-order valence-corrected chi connectivity index (χ0v) is 14.1. The lowest BCUT2D eigenvalue weighted by molar-refractivity contribution is -0.138. The molecule has 0 unspecified atom stereocenters. The third-order valence-corrected chi connectivity index (χ3v) is 3.03. The number of nitrogens with zero attached hydrogens (tertiary/aromatic N) is 1. The Morgan fingerprint density at radius 2 is 1.77 bits per heavy atom. The lowest BCUT2D eigenvalue weighted by Crippen LogP contribution is -2.55. The molecule has 0 aliphatic carbocycles. The third kappa shape index (κ3) is 5.42. The van der Waals surface area contributed by atoms with Gasteiger partial charge in [0.15, 0.2) is 0 Å². The summed E-state index contributed by atoms with van der Waals surface area (Å²) in [5, 5.41) is 1.88. The van der Waals surface area contributed by atoms with Crippen LogP contribution in [0, 0.1) is 11.8 Å². The highest BCUT2D eigenvalue weighted by Crippen LogP contribution is 2.14. The highest BCUT2D eigenvalue weighted by molar-refractivity contribution is 6.30. The largest absolute Gasteiger partial charge is 0.272 e. The van der Waals surface area contributed by atoms with Crippen molar-refractivity contribution in [1.29, 1.82) is 0 Å². The molecule has 2 amide bonds. The van der Waals surface area contributed by atoms with E-state index in [9.17, 15) is 9.59 Å². The summed E-state index contributed by atoms with van der Waals surface area (Å²) in [6.07, 6.45) is 0.770. The first-order valence-corrected chi connectivity index (χ1v) is 7.49. The van der Waals surface area contributed by atoms with Crippen molar-refractivity contribution >= 4 is 23.4 Å². The lowest BCUT2D eigenvalue weighted by atomic mass is 10.1. The predicted octanol–water partition coefficient (Wildman–Crippen LogP) is 3.42. The molecular weight excluding hydrogens is 300 g/mol. The first kappa shape index (κ1) is 18.1. The van der Waals surface area contributed by atoms with Gasteiger partial charge in [0.05, 0.1) is 12.0 Å². The van der Waals surface area contributed by atoms with Gasteiger partial charge < -0.3 is 0 Å². The van der Waals surface area contributed by atoms with E-state index >= 15 is 0 Å². The van der Waals surface area contributed by atoms with Crippen molar-refractivity contribution < 1.29 is 9.59 Å². The number of hydrogen-bond donors (Lipinski definition) is 1. The van der Waals surface area contributed by atoms with Crippen molar-refractivity contribution in [2.45, 2.75) is 46.1 Å². The number of rotatable bonds is 2. The van der Waals surface area contributed by atoms with Gasteiger partial charge in [-0.25, -0.2) is 5.01 Å². The monoisotopic (exact) mass is 320 g/mol. The normalized spacial score (nSPS) is 10.4. The lowest BCUT2D eigenvalue weighted by Gasteiger charge is -2.35. The highest BCUT2D eigenvalue weighted by Gasteiger charge is 2.28. The fraction of sp³-hybridized carbons (Fsp3) is 0.412. The molecule has 118 valence electrons. The number of halogens is 1. The summed E-state index contributed by atoms with van der Waals surface area (Å²) < 4.78 is 0. The van der Waals surface area contributed by atoms with Crippen molar-refractivity contribution in [2.75, 3.05) is 0 Å². The maximum absolute atomic E-state index is 12.3. The summed E-state index contributed by atoms with van der Waals surface area (Å²) in [5.74, 6) is 5.05. The van der Waals surface area contributed by atoms with Gasteiger partial charge in [0.25, 0.3) is 11.8 Å². The summed E-state index contributed by atoms with van der Waals surface area (Å²) in [6.45, 7) is 7.46. The molecule has 1 rings (SSSR count). The maximum Gasteiger partial charge on any atom is 0.269 e. The first-order valence-electron chi connectivity index (χ1n) is 7.11. The number of carbonyl (C=O) groups excluding carboxylic acids is 2. The third-order valence-electron chi connectivity index (χ3n) is 2.78. The summed E-state index contributed by atoms with van der Waals surface area (Å²) in [4.78, 5) is 24.5. The number of nitrogens with one attached hydrogen (secondary N) is 1. The number of amides is 2. The Balaban J connectivity index is 2.87. The Labute approximate surface area is 136 Å². The van der Waals surface area contributed by atoms with Crippen LogP contribution in [0.3, 0.4) is 0 Å². The van der Waals surface area contributed by atoms with Crippen molar-refractivity contribution in [2.24, 2.45) is 0 Å². The molecule has 0 aliphatic rings. The van der Waals surface area contributed by atoms with Crippen LogP contribution in [0.1, 0.15) is 50.9 Å². The Hall–Kier alpha value is -1.99. The molecule has 5 heteroatoms. The van der Waals surface area contributed by atoms with E-state index in [1.54, 1.807) is 24.3 Å². The minimum atomic E-state index is -0.549. The Bertz CT molecular complexity index is 592. The van der Waals surface area contributed by atoms with Crippen LogP contribution in [-0.4, -0.2) is 22.4 Å². The van der Waals surface area contributed by atoms with Crippen LogP contribution in [-0.2, 0) is 4.79 Å². The maximum atomic E-state index is 12.3. The van der Waals surface area contributed by atoms with Crippen LogP contribution in [0.15, 0.2) is 24.3 Å². The van der Waals surface area contributed by atoms with E-state index in [2.05, 4.69) is 17.3 Å². The molecule has 1 aromatic rings. The SMILES string of the molecule is CCC#CCC(=O)N(NC(=O)c1ccc(Cl)cc1)C(C)(C)C. The predicted molar refractivity (Wildman–Crippen MR) is 88.2 cm³/mol. The van der Waals surface area contributed by atoms with Crippen LogP contribution in [0.4, 0.5) is 0 Å². The average molecular weight is 321 g/mol. The average Bonchev–Trinajstić information content (AvgIpc) is 2.44. The zero-order valence-electron chi connectivity index (χ0n) is 13.4. The van der Waals surface area contributed by atoms with Crippen LogP contribution >= 0.6 is 11.6 Å². The van der Waals surface area contributed by atoms with Crippen LogP contribution in [0.2, 0.25) is 5.02 Å². The molecule has 0 atom stereocenters. The summed E-state index contributed by atoms with van der Waals surface area (Å²) in [7, 11) is 0. The molecule has 4 nitrogen and oxygen atoms in total. The summed E-state index contributed by atoms with van der Waals surface area (Å²) >= 11 is 5.80. The van der Waals surface area contributed by atoms with E-state index in [1.807, 2.05) is 27.7 Å². The molecule has 0 spiro atoms. The van der Waals surface area contributed by atoms with Gasteiger partial charge in [-0.15, -0.1) is 5.92 Å².